The molecule has 16 heavy (non-hydrogen) atoms. The van der Waals surface area contributed by atoms with Gasteiger partial charge < -0.3 is 0 Å². The zero-order chi connectivity index (χ0) is 10.8. The van der Waals surface area contributed by atoms with Crippen molar-refractivity contribution in [1.82, 2.24) is 0 Å². The van der Waals surface area contributed by atoms with Crippen molar-refractivity contribution in [3.63, 3.8) is 0 Å². The summed E-state index contributed by atoms with van der Waals surface area (Å²) in [4.78, 5) is 0. The first-order chi connectivity index (χ1) is 7.93. The van der Waals surface area contributed by atoms with E-state index in [1.165, 1.54) is 21.2 Å². The Bertz CT molecular complexity index is 526. The van der Waals surface area contributed by atoms with Gasteiger partial charge in [-0.05, 0) is 0 Å². The molecular weight excluding hydrogens is 308 g/mol. The Morgan fingerprint density at radius 2 is 1.56 bits per heavy atom. The molecule has 0 aliphatic carbocycles. The molecule has 0 unspecified atom stereocenters. The number of fused-ring (bicyclic) bond motifs is 1. The molecule has 1 heteroatoms. The van der Waals surface area contributed by atoms with Gasteiger partial charge in [0.25, 0.3) is 0 Å². The van der Waals surface area contributed by atoms with Crippen LogP contribution >= 0.6 is 0 Å². The third-order valence-electron chi connectivity index (χ3n) is 2.78. The summed E-state index contributed by atoms with van der Waals surface area (Å²) < 4.78 is 2.88. The van der Waals surface area contributed by atoms with E-state index in [9.17, 15) is 0 Å². The van der Waals surface area contributed by atoms with Crippen molar-refractivity contribution in [2.24, 2.45) is 0 Å². The van der Waals surface area contributed by atoms with Gasteiger partial charge >= 0.3 is 106 Å². The van der Waals surface area contributed by atoms with Crippen molar-refractivity contribution in [3.05, 3.63) is 71.3 Å². The van der Waals surface area contributed by atoms with Gasteiger partial charge in [-0.2, -0.15) is 0 Å². The van der Waals surface area contributed by atoms with Crippen molar-refractivity contribution in [2.75, 3.05) is 0 Å². The second kappa shape index (κ2) is 4.45. The van der Waals surface area contributed by atoms with Crippen LogP contribution in [0.5, 0.6) is 0 Å². The summed E-state index contributed by atoms with van der Waals surface area (Å²) in [7, 11) is 0. The topological polar surface area (TPSA) is 0 Å². The van der Waals surface area contributed by atoms with Gasteiger partial charge in [0.1, 0.15) is 0 Å². The van der Waals surface area contributed by atoms with E-state index in [4.69, 9.17) is 0 Å². The molecule has 0 N–H and O–H groups in total. The zero-order valence-electron chi connectivity index (χ0n) is 8.89. The summed E-state index contributed by atoms with van der Waals surface area (Å²) in [5.41, 5.74) is 4.36. The minimum absolute atomic E-state index is 0.0416. The van der Waals surface area contributed by atoms with Crippen LogP contribution < -0.4 is 0 Å². The fourth-order valence-corrected chi connectivity index (χ4v) is 5.02. The van der Waals surface area contributed by atoms with E-state index < -0.39 is 0 Å². The van der Waals surface area contributed by atoms with E-state index in [2.05, 4.69) is 60.7 Å². The fourth-order valence-electron chi connectivity index (χ4n) is 1.91. The Balaban J connectivity index is 2.04. The Labute approximate surface area is 106 Å². The molecule has 3 rings (SSSR count). The molecule has 0 nitrogen and oxygen atoms in total. The van der Waals surface area contributed by atoms with Crippen LogP contribution in [-0.4, -0.2) is 20.9 Å². The maximum absolute atomic E-state index is 2.39. The molecule has 0 fully saturated rings. The van der Waals surface area contributed by atoms with Gasteiger partial charge in [0.05, 0.1) is 0 Å². The molecule has 0 saturated carbocycles. The van der Waals surface area contributed by atoms with Crippen molar-refractivity contribution in [1.29, 1.82) is 0 Å². The maximum atomic E-state index is 2.39. The Hall–Kier alpha value is -1.03. The number of hydrogen-bond acceptors (Lipinski definition) is 0. The second-order valence-corrected chi connectivity index (χ2v) is 6.77. The first-order valence-corrected chi connectivity index (χ1v) is 8.22. The summed E-state index contributed by atoms with van der Waals surface area (Å²) in [5, 5.41) is 0. The normalized spacial score (nSPS) is 14.1. The molecule has 1 aliphatic heterocycles. The molecular formula is C15H12Te. The van der Waals surface area contributed by atoms with Crippen LogP contribution in [-0.2, 0) is 4.47 Å². The van der Waals surface area contributed by atoms with E-state index in [0.717, 1.165) is 0 Å². The summed E-state index contributed by atoms with van der Waals surface area (Å²) in [5.74, 6) is 0. The summed E-state index contributed by atoms with van der Waals surface area (Å²) in [6.07, 6.45) is 2.39. The average molecular weight is 320 g/mol. The molecule has 1 heterocycles. The summed E-state index contributed by atoms with van der Waals surface area (Å²) in [6.45, 7) is 0. The van der Waals surface area contributed by atoms with E-state index in [1.54, 1.807) is 3.62 Å². The third-order valence-corrected chi connectivity index (χ3v) is 5.98. The van der Waals surface area contributed by atoms with E-state index >= 15 is 0 Å². The van der Waals surface area contributed by atoms with Crippen LogP contribution in [0.15, 0.2) is 54.6 Å². The molecule has 2 aromatic rings. The van der Waals surface area contributed by atoms with Crippen LogP contribution in [0.4, 0.5) is 0 Å². The van der Waals surface area contributed by atoms with Crippen LogP contribution in [0.1, 0.15) is 16.7 Å². The SMILES string of the molecule is C1=C(c2ccccc2)[Te]Cc2ccccc21. The average Bonchev–Trinajstić information content (AvgIpc) is 2.39. The van der Waals surface area contributed by atoms with Gasteiger partial charge in [-0.3, -0.25) is 0 Å². The van der Waals surface area contributed by atoms with Gasteiger partial charge in [0.2, 0.25) is 0 Å². The minimum atomic E-state index is -0.0416. The molecule has 78 valence electrons. The number of hydrogen-bond donors (Lipinski definition) is 0. The zero-order valence-corrected chi connectivity index (χ0v) is 11.2. The predicted octanol–water partition coefficient (Wildman–Crippen LogP) is 3.40. The Morgan fingerprint density at radius 1 is 0.812 bits per heavy atom. The Kier molecular flexibility index (Phi) is 2.82. The first kappa shape index (κ1) is 10.1. The quantitative estimate of drug-likeness (QED) is 0.707. The molecule has 2 aromatic carbocycles. The van der Waals surface area contributed by atoms with Crippen molar-refractivity contribution < 1.29 is 0 Å². The van der Waals surface area contributed by atoms with Gasteiger partial charge in [-0.25, -0.2) is 0 Å². The third kappa shape index (κ3) is 1.94. The molecule has 0 saturated heterocycles. The van der Waals surface area contributed by atoms with Crippen LogP contribution in [0.2, 0.25) is 0 Å². The summed E-state index contributed by atoms with van der Waals surface area (Å²) >= 11 is -0.0416. The van der Waals surface area contributed by atoms with Gasteiger partial charge in [0, 0.05) is 0 Å². The van der Waals surface area contributed by atoms with Crippen molar-refractivity contribution in [2.45, 2.75) is 4.47 Å². The second-order valence-electron chi connectivity index (χ2n) is 3.86. The van der Waals surface area contributed by atoms with Gasteiger partial charge in [-0.1, -0.05) is 0 Å². The summed E-state index contributed by atoms with van der Waals surface area (Å²) in [6, 6.07) is 19.6. The molecule has 0 radical (unpaired) electrons. The predicted molar refractivity (Wildman–Crippen MR) is 70.2 cm³/mol. The van der Waals surface area contributed by atoms with Crippen molar-refractivity contribution in [3.8, 4) is 0 Å². The fraction of sp³-hybridized carbons (Fsp3) is 0.0667. The standard InChI is InChI=1S/C15H12Te/c1-2-6-12(7-3-1)15-10-13-8-4-5-9-14(13)11-16-15/h1-10H,11H2. The van der Waals surface area contributed by atoms with Crippen LogP contribution in [0.3, 0.4) is 0 Å². The first-order valence-electron chi connectivity index (χ1n) is 5.41. The van der Waals surface area contributed by atoms with E-state index in [-0.39, 0.29) is 20.9 Å². The molecule has 0 spiro atoms. The van der Waals surface area contributed by atoms with Crippen molar-refractivity contribution >= 4 is 30.6 Å². The molecule has 0 atom stereocenters. The number of rotatable bonds is 1. The monoisotopic (exact) mass is 322 g/mol. The van der Waals surface area contributed by atoms with Gasteiger partial charge in [-0.15, -0.1) is 0 Å². The van der Waals surface area contributed by atoms with E-state index in [1.807, 2.05) is 0 Å². The molecule has 1 aliphatic rings. The number of benzene rings is 2. The van der Waals surface area contributed by atoms with E-state index in [0.29, 0.717) is 0 Å². The molecule has 0 amide bonds. The molecule has 0 aromatic heterocycles. The Morgan fingerprint density at radius 3 is 2.44 bits per heavy atom. The van der Waals surface area contributed by atoms with Gasteiger partial charge in [0.15, 0.2) is 0 Å². The van der Waals surface area contributed by atoms with Crippen LogP contribution in [0, 0.1) is 0 Å². The van der Waals surface area contributed by atoms with Crippen LogP contribution in [0.25, 0.3) is 9.70 Å². The molecule has 0 bridgehead atoms.